The van der Waals surface area contributed by atoms with Crippen LogP contribution in [0.15, 0.2) is 42.7 Å². The Morgan fingerprint density at radius 3 is 2.70 bits per heavy atom. The van der Waals surface area contributed by atoms with Gasteiger partial charge in [0.25, 0.3) is 0 Å². The van der Waals surface area contributed by atoms with Gasteiger partial charge in [-0.2, -0.15) is 0 Å². The highest BCUT2D eigenvalue weighted by Gasteiger charge is 2.29. The van der Waals surface area contributed by atoms with Gasteiger partial charge < -0.3 is 4.57 Å². The largest absolute Gasteiger partial charge is 0.306 e. The first-order valence-corrected chi connectivity index (χ1v) is 7.82. The number of rotatable bonds is 2. The minimum atomic E-state index is -0.225. The molecule has 0 spiro atoms. The Bertz CT molecular complexity index is 1060. The van der Waals surface area contributed by atoms with Gasteiger partial charge in [0, 0.05) is 6.04 Å². The van der Waals surface area contributed by atoms with Crippen molar-refractivity contribution in [3.05, 3.63) is 54.1 Å². The molecule has 0 bridgehead atoms. The molecule has 5 heteroatoms. The molecule has 0 amide bonds. The number of aryl methyl sites for hydroxylation is 1. The first-order chi connectivity index (χ1) is 11.2. The van der Waals surface area contributed by atoms with Crippen LogP contribution in [0.1, 0.15) is 24.4 Å². The summed E-state index contributed by atoms with van der Waals surface area (Å²) in [5.41, 5.74) is 4.83. The SMILES string of the molecule is Cc1ccc2ncn(-c3nc4ccc(F)cc4n3C3CC3)c2c1. The zero-order chi connectivity index (χ0) is 15.6. The molecule has 0 saturated heterocycles. The molecule has 1 fully saturated rings. The normalized spacial score (nSPS) is 14.9. The third-order valence-electron chi connectivity index (χ3n) is 4.46. The van der Waals surface area contributed by atoms with Crippen LogP contribution in [-0.2, 0) is 0 Å². The summed E-state index contributed by atoms with van der Waals surface area (Å²) in [7, 11) is 0. The fourth-order valence-corrected chi connectivity index (χ4v) is 3.19. The second kappa shape index (κ2) is 4.41. The fourth-order valence-electron chi connectivity index (χ4n) is 3.19. The minimum Gasteiger partial charge on any atom is -0.306 e. The molecule has 0 aliphatic heterocycles. The number of aromatic nitrogens is 4. The van der Waals surface area contributed by atoms with E-state index < -0.39 is 0 Å². The molecule has 23 heavy (non-hydrogen) atoms. The van der Waals surface area contributed by atoms with E-state index in [-0.39, 0.29) is 5.82 Å². The molecular formula is C18H15FN4. The van der Waals surface area contributed by atoms with Crippen LogP contribution < -0.4 is 0 Å². The van der Waals surface area contributed by atoms with Gasteiger partial charge in [-0.25, -0.2) is 14.4 Å². The Kier molecular flexibility index (Phi) is 2.46. The minimum absolute atomic E-state index is 0.225. The van der Waals surface area contributed by atoms with E-state index in [9.17, 15) is 4.39 Å². The van der Waals surface area contributed by atoms with Gasteiger partial charge >= 0.3 is 0 Å². The van der Waals surface area contributed by atoms with Gasteiger partial charge in [0.05, 0.1) is 22.1 Å². The number of benzene rings is 2. The van der Waals surface area contributed by atoms with Gasteiger partial charge in [-0.15, -0.1) is 0 Å². The van der Waals surface area contributed by atoms with Crippen molar-refractivity contribution >= 4 is 22.1 Å². The van der Waals surface area contributed by atoms with E-state index in [2.05, 4.69) is 28.6 Å². The second-order valence-corrected chi connectivity index (χ2v) is 6.25. The third-order valence-corrected chi connectivity index (χ3v) is 4.46. The molecule has 1 saturated carbocycles. The first-order valence-electron chi connectivity index (χ1n) is 7.82. The van der Waals surface area contributed by atoms with Gasteiger partial charge in [-0.3, -0.25) is 4.57 Å². The van der Waals surface area contributed by atoms with Gasteiger partial charge in [-0.1, -0.05) is 6.07 Å². The first kappa shape index (κ1) is 12.8. The summed E-state index contributed by atoms with van der Waals surface area (Å²) in [6.45, 7) is 2.07. The third kappa shape index (κ3) is 1.89. The standard InChI is InChI=1S/C18H15FN4/c1-11-2-6-14-16(8-11)22(10-20-14)18-21-15-7-3-12(19)9-17(15)23(18)13-4-5-13/h2-3,6-10,13H,4-5H2,1H3. The Morgan fingerprint density at radius 1 is 1.04 bits per heavy atom. The smallest absolute Gasteiger partial charge is 0.216 e. The number of hydrogen-bond donors (Lipinski definition) is 0. The Hall–Kier alpha value is -2.69. The van der Waals surface area contributed by atoms with Crippen molar-refractivity contribution in [3.63, 3.8) is 0 Å². The summed E-state index contributed by atoms with van der Waals surface area (Å²) in [5.74, 6) is 0.596. The lowest BCUT2D eigenvalue weighted by molar-refractivity contribution is 0.627. The molecule has 0 unspecified atom stereocenters. The molecule has 0 atom stereocenters. The van der Waals surface area contributed by atoms with Crippen LogP contribution in [0.5, 0.6) is 0 Å². The quantitative estimate of drug-likeness (QED) is 0.557. The van der Waals surface area contributed by atoms with Gasteiger partial charge in [0.2, 0.25) is 5.95 Å². The Labute approximate surface area is 132 Å². The molecule has 2 aromatic carbocycles. The van der Waals surface area contributed by atoms with Crippen molar-refractivity contribution in [1.82, 2.24) is 19.1 Å². The van der Waals surface area contributed by atoms with E-state index in [0.29, 0.717) is 6.04 Å². The topological polar surface area (TPSA) is 35.6 Å². The molecular weight excluding hydrogens is 291 g/mol. The number of hydrogen-bond acceptors (Lipinski definition) is 2. The molecule has 0 N–H and O–H groups in total. The predicted octanol–water partition coefficient (Wildman–Crippen LogP) is 4.16. The van der Waals surface area contributed by atoms with Crippen LogP contribution in [0.25, 0.3) is 28.0 Å². The molecule has 2 heterocycles. The maximum Gasteiger partial charge on any atom is 0.216 e. The van der Waals surface area contributed by atoms with Crippen molar-refractivity contribution in [3.8, 4) is 5.95 Å². The maximum absolute atomic E-state index is 13.7. The molecule has 4 aromatic rings. The van der Waals surface area contributed by atoms with Gasteiger partial charge in [-0.05, 0) is 55.7 Å². The van der Waals surface area contributed by atoms with E-state index in [4.69, 9.17) is 4.98 Å². The van der Waals surface area contributed by atoms with Crippen molar-refractivity contribution in [2.24, 2.45) is 0 Å². The number of nitrogens with zero attached hydrogens (tertiary/aromatic N) is 4. The van der Waals surface area contributed by atoms with Crippen molar-refractivity contribution in [2.45, 2.75) is 25.8 Å². The summed E-state index contributed by atoms with van der Waals surface area (Å²) < 4.78 is 17.9. The Morgan fingerprint density at radius 2 is 1.87 bits per heavy atom. The molecule has 114 valence electrons. The summed E-state index contributed by atoms with van der Waals surface area (Å²) in [6, 6.07) is 11.4. The lowest BCUT2D eigenvalue weighted by atomic mass is 10.2. The number of fused-ring (bicyclic) bond motifs is 2. The van der Waals surface area contributed by atoms with Crippen LogP contribution in [0.3, 0.4) is 0 Å². The molecule has 0 radical (unpaired) electrons. The average molecular weight is 306 g/mol. The van der Waals surface area contributed by atoms with Gasteiger partial charge in [0.15, 0.2) is 0 Å². The molecule has 1 aliphatic carbocycles. The van der Waals surface area contributed by atoms with E-state index in [1.165, 1.54) is 11.6 Å². The van der Waals surface area contributed by atoms with E-state index in [1.54, 1.807) is 18.5 Å². The zero-order valence-corrected chi connectivity index (χ0v) is 12.7. The lowest BCUT2D eigenvalue weighted by Crippen LogP contribution is -2.04. The highest BCUT2D eigenvalue weighted by molar-refractivity contribution is 5.81. The average Bonchev–Trinajstić information content (AvgIpc) is 3.18. The maximum atomic E-state index is 13.7. The molecule has 4 nitrogen and oxygen atoms in total. The Balaban J connectivity index is 1.85. The molecule has 5 rings (SSSR count). The van der Waals surface area contributed by atoms with E-state index in [1.807, 2.05) is 10.6 Å². The zero-order valence-electron chi connectivity index (χ0n) is 12.7. The van der Waals surface area contributed by atoms with Crippen LogP contribution in [-0.4, -0.2) is 19.1 Å². The molecule has 2 aromatic heterocycles. The van der Waals surface area contributed by atoms with Crippen LogP contribution >= 0.6 is 0 Å². The van der Waals surface area contributed by atoms with Crippen molar-refractivity contribution in [2.75, 3.05) is 0 Å². The molecule has 1 aliphatic rings. The summed E-state index contributed by atoms with van der Waals surface area (Å²) in [6.07, 6.45) is 4.03. The van der Waals surface area contributed by atoms with Crippen LogP contribution in [0, 0.1) is 12.7 Å². The van der Waals surface area contributed by atoms with Crippen LogP contribution in [0.4, 0.5) is 4.39 Å². The van der Waals surface area contributed by atoms with Crippen molar-refractivity contribution < 1.29 is 4.39 Å². The monoisotopic (exact) mass is 306 g/mol. The number of imidazole rings is 2. The summed E-state index contributed by atoms with van der Waals surface area (Å²) >= 11 is 0. The second-order valence-electron chi connectivity index (χ2n) is 6.25. The summed E-state index contributed by atoms with van der Waals surface area (Å²) in [5, 5.41) is 0. The fraction of sp³-hybridized carbons (Fsp3) is 0.222. The summed E-state index contributed by atoms with van der Waals surface area (Å²) in [4.78, 5) is 9.24. The number of halogens is 1. The highest BCUT2D eigenvalue weighted by Crippen LogP contribution is 2.40. The van der Waals surface area contributed by atoms with Crippen molar-refractivity contribution in [1.29, 1.82) is 0 Å². The van der Waals surface area contributed by atoms with Gasteiger partial charge in [0.1, 0.15) is 12.1 Å². The van der Waals surface area contributed by atoms with Crippen LogP contribution in [0.2, 0.25) is 0 Å². The highest BCUT2D eigenvalue weighted by atomic mass is 19.1. The van der Waals surface area contributed by atoms with E-state index in [0.717, 1.165) is 40.9 Å². The lowest BCUT2D eigenvalue weighted by Gasteiger charge is -2.09. The van der Waals surface area contributed by atoms with E-state index >= 15 is 0 Å². The predicted molar refractivity (Wildman–Crippen MR) is 87.3 cm³/mol.